The molecule has 25 heavy (non-hydrogen) atoms. The van der Waals surface area contributed by atoms with Gasteiger partial charge in [0.05, 0.1) is 21.9 Å². The smallest absolute Gasteiger partial charge is 0.247 e. The van der Waals surface area contributed by atoms with Gasteiger partial charge in [-0.15, -0.1) is 0 Å². The highest BCUT2D eigenvalue weighted by Gasteiger charge is 2.51. The highest BCUT2D eigenvalue weighted by Crippen LogP contribution is 2.39. The first-order valence-electron chi connectivity index (χ1n) is 7.77. The van der Waals surface area contributed by atoms with Crippen molar-refractivity contribution in [3.63, 3.8) is 0 Å². The zero-order valence-corrected chi connectivity index (χ0v) is 15.5. The van der Waals surface area contributed by atoms with Gasteiger partial charge in [-0.05, 0) is 38.0 Å². The van der Waals surface area contributed by atoms with E-state index in [4.69, 9.17) is 34.8 Å². The Morgan fingerprint density at radius 1 is 1.16 bits per heavy atom. The van der Waals surface area contributed by atoms with E-state index in [2.05, 4.69) is 5.32 Å². The maximum absolute atomic E-state index is 12.6. The van der Waals surface area contributed by atoms with Gasteiger partial charge in [-0.2, -0.15) is 0 Å². The summed E-state index contributed by atoms with van der Waals surface area (Å²) in [4.78, 5) is 38.7. The lowest BCUT2D eigenvalue weighted by Crippen LogP contribution is -2.46. The summed E-state index contributed by atoms with van der Waals surface area (Å²) in [6.45, 7) is 1.52. The minimum Gasteiger partial charge on any atom is -0.324 e. The number of fused-ring (bicyclic) bond motifs is 1. The first-order valence-corrected chi connectivity index (χ1v) is 8.90. The summed E-state index contributed by atoms with van der Waals surface area (Å²) >= 11 is 17.8. The predicted molar refractivity (Wildman–Crippen MR) is 96.6 cm³/mol. The lowest BCUT2D eigenvalue weighted by Gasteiger charge is -2.22. The first kappa shape index (κ1) is 18.2. The molecule has 1 heterocycles. The molecule has 8 heteroatoms. The van der Waals surface area contributed by atoms with Crippen molar-refractivity contribution in [1.29, 1.82) is 0 Å². The van der Waals surface area contributed by atoms with Crippen molar-refractivity contribution in [2.24, 2.45) is 11.8 Å². The van der Waals surface area contributed by atoms with Crippen LogP contribution in [0, 0.1) is 11.8 Å². The van der Waals surface area contributed by atoms with E-state index < -0.39 is 23.8 Å². The molecule has 1 aromatic carbocycles. The second-order valence-electron chi connectivity index (χ2n) is 6.14. The van der Waals surface area contributed by atoms with Gasteiger partial charge in [-0.3, -0.25) is 19.3 Å². The number of halogens is 3. The molecule has 2 aliphatic rings. The van der Waals surface area contributed by atoms with Crippen molar-refractivity contribution in [3.05, 3.63) is 39.4 Å². The van der Waals surface area contributed by atoms with Gasteiger partial charge < -0.3 is 5.32 Å². The van der Waals surface area contributed by atoms with Crippen LogP contribution in [0.25, 0.3) is 0 Å². The van der Waals surface area contributed by atoms with Crippen molar-refractivity contribution in [1.82, 2.24) is 4.90 Å². The Balaban J connectivity index is 1.75. The number of hydrogen-bond donors (Lipinski definition) is 1. The predicted octanol–water partition coefficient (Wildman–Crippen LogP) is 3.84. The van der Waals surface area contributed by atoms with Crippen LogP contribution in [-0.4, -0.2) is 28.7 Å². The molecule has 1 aliphatic carbocycles. The number of rotatable bonds is 3. The van der Waals surface area contributed by atoms with Crippen molar-refractivity contribution in [3.8, 4) is 0 Å². The normalized spacial score (nSPS) is 24.0. The minimum atomic E-state index is -0.932. The third-order valence-corrected chi connectivity index (χ3v) is 5.60. The van der Waals surface area contributed by atoms with Gasteiger partial charge >= 0.3 is 0 Å². The topological polar surface area (TPSA) is 66.5 Å². The summed E-state index contributed by atoms with van der Waals surface area (Å²) in [7, 11) is 0. The molecular weight excluding hydrogens is 387 g/mol. The number of carbonyl (C=O) groups excluding carboxylic acids is 3. The van der Waals surface area contributed by atoms with Crippen LogP contribution < -0.4 is 5.32 Å². The van der Waals surface area contributed by atoms with Crippen molar-refractivity contribution in [2.75, 3.05) is 5.32 Å². The van der Waals surface area contributed by atoms with Crippen molar-refractivity contribution >= 4 is 58.2 Å². The van der Waals surface area contributed by atoms with Crippen molar-refractivity contribution in [2.45, 2.75) is 25.8 Å². The lowest BCUT2D eigenvalue weighted by atomic mass is 9.85. The first-order chi connectivity index (χ1) is 11.8. The zero-order valence-electron chi connectivity index (χ0n) is 13.3. The summed E-state index contributed by atoms with van der Waals surface area (Å²) in [6, 6.07) is 3.72. The monoisotopic (exact) mass is 400 g/mol. The summed E-state index contributed by atoms with van der Waals surface area (Å²) in [5.74, 6) is -2.07. The van der Waals surface area contributed by atoms with Gasteiger partial charge in [0.15, 0.2) is 0 Å². The molecule has 3 amide bonds. The van der Waals surface area contributed by atoms with Crippen LogP contribution in [0.4, 0.5) is 5.69 Å². The molecule has 1 aliphatic heterocycles. The molecule has 0 aromatic heterocycles. The fourth-order valence-electron chi connectivity index (χ4n) is 3.17. The van der Waals surface area contributed by atoms with Crippen LogP contribution in [0.2, 0.25) is 10.0 Å². The van der Waals surface area contributed by atoms with Crippen LogP contribution in [0.3, 0.4) is 0 Å². The van der Waals surface area contributed by atoms with E-state index >= 15 is 0 Å². The number of allylic oxidation sites excluding steroid dienone is 2. The number of amides is 3. The number of benzene rings is 1. The summed E-state index contributed by atoms with van der Waals surface area (Å²) in [5.41, 5.74) is 0.437. The minimum absolute atomic E-state index is 0.298. The molecule has 0 radical (unpaired) electrons. The van der Waals surface area contributed by atoms with Crippen LogP contribution in [0.1, 0.15) is 19.8 Å². The number of anilines is 1. The lowest BCUT2D eigenvalue weighted by molar-refractivity contribution is -0.146. The maximum atomic E-state index is 12.6. The van der Waals surface area contributed by atoms with Gasteiger partial charge in [0.2, 0.25) is 17.7 Å². The van der Waals surface area contributed by atoms with E-state index in [1.807, 2.05) is 0 Å². The molecule has 1 fully saturated rings. The Morgan fingerprint density at radius 3 is 2.52 bits per heavy atom. The fraction of sp³-hybridized carbons (Fsp3) is 0.353. The third kappa shape index (κ3) is 3.41. The number of likely N-dealkylation sites (tertiary alicyclic amines) is 1. The third-order valence-electron chi connectivity index (χ3n) is 4.56. The molecule has 0 saturated carbocycles. The van der Waals surface area contributed by atoms with Gasteiger partial charge in [0.25, 0.3) is 0 Å². The molecule has 1 N–H and O–H groups in total. The van der Waals surface area contributed by atoms with Crippen LogP contribution >= 0.6 is 34.8 Å². The molecular formula is C17H15Cl3N2O3. The maximum Gasteiger partial charge on any atom is 0.247 e. The molecule has 0 bridgehead atoms. The SMILES string of the molecule is C[C@H](C(=O)Nc1ccc(Cl)c(Cl)c1)N1C(=O)[C@@H]2CC=C(Cl)C[C@H]2C1=O. The largest absolute Gasteiger partial charge is 0.324 e. The Hall–Kier alpha value is -1.56. The van der Waals surface area contributed by atoms with Crippen LogP contribution in [0.5, 0.6) is 0 Å². The second-order valence-corrected chi connectivity index (χ2v) is 7.44. The van der Waals surface area contributed by atoms with Gasteiger partial charge in [0.1, 0.15) is 6.04 Å². The molecule has 5 nitrogen and oxygen atoms in total. The quantitative estimate of drug-likeness (QED) is 0.783. The average Bonchev–Trinajstić information content (AvgIpc) is 2.81. The fourth-order valence-corrected chi connectivity index (χ4v) is 3.73. The Labute approximate surface area is 159 Å². The van der Waals surface area contributed by atoms with Crippen molar-refractivity contribution < 1.29 is 14.4 Å². The Morgan fingerprint density at radius 2 is 1.84 bits per heavy atom. The molecule has 1 aromatic rings. The van der Waals surface area contributed by atoms with Gasteiger partial charge in [-0.25, -0.2) is 0 Å². The molecule has 0 spiro atoms. The number of carbonyl (C=O) groups is 3. The summed E-state index contributed by atoms with van der Waals surface area (Å²) in [6.07, 6.45) is 2.53. The van der Waals surface area contributed by atoms with E-state index in [1.54, 1.807) is 18.2 Å². The number of imide groups is 1. The molecule has 132 valence electrons. The summed E-state index contributed by atoms with van der Waals surface area (Å²) in [5, 5.41) is 3.90. The van der Waals surface area contributed by atoms with E-state index in [0.717, 1.165) is 4.90 Å². The second kappa shape index (κ2) is 6.98. The highest BCUT2D eigenvalue weighted by molar-refractivity contribution is 6.42. The van der Waals surface area contributed by atoms with Crippen LogP contribution in [-0.2, 0) is 14.4 Å². The number of nitrogens with one attached hydrogen (secondary N) is 1. The van der Waals surface area contributed by atoms with Gasteiger partial charge in [0, 0.05) is 10.7 Å². The number of hydrogen-bond acceptors (Lipinski definition) is 3. The molecule has 0 unspecified atom stereocenters. The standard InChI is InChI=1S/C17H15Cl3N2O3/c1-8(15(23)21-10-3-5-13(19)14(20)7-10)22-16(24)11-4-2-9(18)6-12(11)17(22)25/h2-3,5,7-8,11-12H,4,6H2,1H3,(H,21,23)/t8-,11-,12-/m1/s1. The van der Waals surface area contributed by atoms with E-state index in [0.29, 0.717) is 33.6 Å². The van der Waals surface area contributed by atoms with E-state index in [1.165, 1.54) is 13.0 Å². The highest BCUT2D eigenvalue weighted by atomic mass is 35.5. The Bertz CT molecular complexity index is 793. The molecule has 1 saturated heterocycles. The summed E-state index contributed by atoms with van der Waals surface area (Å²) < 4.78 is 0. The van der Waals surface area contributed by atoms with Gasteiger partial charge in [-0.1, -0.05) is 40.9 Å². The number of nitrogens with zero attached hydrogens (tertiary/aromatic N) is 1. The zero-order chi connectivity index (χ0) is 18.3. The van der Waals surface area contributed by atoms with E-state index in [9.17, 15) is 14.4 Å². The Kier molecular flexibility index (Phi) is 5.09. The molecule has 3 rings (SSSR count). The average molecular weight is 402 g/mol. The van der Waals surface area contributed by atoms with E-state index in [-0.39, 0.29) is 11.8 Å². The molecule has 3 atom stereocenters. The van der Waals surface area contributed by atoms with Crippen LogP contribution in [0.15, 0.2) is 29.3 Å².